The Hall–Kier alpha value is -2.78. The summed E-state index contributed by atoms with van der Waals surface area (Å²) in [6, 6.07) is 26.8. The van der Waals surface area contributed by atoms with Crippen LogP contribution in [0.3, 0.4) is 0 Å². The van der Waals surface area contributed by atoms with E-state index in [0.29, 0.717) is 23.6 Å². The van der Waals surface area contributed by atoms with Crippen molar-refractivity contribution in [1.82, 2.24) is 5.32 Å². The molecule has 1 aliphatic carbocycles. The van der Waals surface area contributed by atoms with Crippen molar-refractivity contribution in [2.45, 2.75) is 43.6 Å². The summed E-state index contributed by atoms with van der Waals surface area (Å²) >= 11 is 0. The van der Waals surface area contributed by atoms with E-state index in [-0.39, 0.29) is 0 Å². The van der Waals surface area contributed by atoms with Crippen molar-refractivity contribution in [3.8, 4) is 5.75 Å². The van der Waals surface area contributed by atoms with Crippen LogP contribution in [0.5, 0.6) is 5.75 Å². The lowest BCUT2D eigenvalue weighted by molar-refractivity contribution is 0.442. The molecule has 3 aromatic rings. The molecule has 2 atom stereocenters. The lowest BCUT2D eigenvalue weighted by atomic mass is 9.69. The molecule has 3 heteroatoms. The van der Waals surface area contributed by atoms with Crippen molar-refractivity contribution in [2.24, 2.45) is 0 Å². The fourth-order valence-corrected chi connectivity index (χ4v) is 5.60. The number of fused-ring (bicyclic) bond motifs is 1. The molecule has 1 heterocycles. The Morgan fingerprint density at radius 1 is 0.839 bits per heavy atom. The zero-order valence-electron chi connectivity index (χ0n) is 18.3. The van der Waals surface area contributed by atoms with Gasteiger partial charge in [0.25, 0.3) is 0 Å². The van der Waals surface area contributed by atoms with Crippen LogP contribution in [0.15, 0.2) is 72.8 Å². The third-order valence-corrected chi connectivity index (χ3v) is 7.34. The zero-order valence-corrected chi connectivity index (χ0v) is 18.3. The lowest BCUT2D eigenvalue weighted by Gasteiger charge is -2.36. The van der Waals surface area contributed by atoms with Crippen LogP contribution in [0.1, 0.15) is 53.4 Å². The Balaban J connectivity index is 1.47. The molecule has 0 amide bonds. The van der Waals surface area contributed by atoms with Gasteiger partial charge in [-0.15, -0.1) is 0 Å². The fourth-order valence-electron chi connectivity index (χ4n) is 5.60. The molecule has 0 spiro atoms. The van der Waals surface area contributed by atoms with E-state index in [0.717, 1.165) is 25.9 Å². The Kier molecular flexibility index (Phi) is 5.69. The summed E-state index contributed by atoms with van der Waals surface area (Å²) in [7, 11) is 2.07. The van der Waals surface area contributed by atoms with Crippen LogP contribution in [0.4, 0.5) is 5.69 Å². The van der Waals surface area contributed by atoms with Crippen molar-refractivity contribution in [1.29, 1.82) is 0 Å². The molecule has 3 aromatic carbocycles. The number of rotatable bonds is 4. The molecule has 1 fully saturated rings. The summed E-state index contributed by atoms with van der Waals surface area (Å²) in [6.45, 7) is 2.23. The molecule has 2 N–H and O–H groups in total. The highest BCUT2D eigenvalue weighted by Gasteiger charge is 2.32. The maximum absolute atomic E-state index is 10.0. The first kappa shape index (κ1) is 20.1. The van der Waals surface area contributed by atoms with E-state index >= 15 is 0 Å². The number of piperidine rings is 1. The average Bonchev–Trinajstić information content (AvgIpc) is 2.84. The van der Waals surface area contributed by atoms with Gasteiger partial charge in [0.15, 0.2) is 0 Å². The molecule has 31 heavy (non-hydrogen) atoms. The number of aromatic hydroxyl groups is 1. The van der Waals surface area contributed by atoms with E-state index in [1.54, 1.807) is 0 Å². The van der Waals surface area contributed by atoms with Crippen LogP contribution >= 0.6 is 0 Å². The van der Waals surface area contributed by atoms with E-state index in [2.05, 4.69) is 77.9 Å². The minimum absolute atomic E-state index is 0.316. The van der Waals surface area contributed by atoms with Gasteiger partial charge in [-0.3, -0.25) is 0 Å². The second-order valence-corrected chi connectivity index (χ2v) is 9.06. The Morgan fingerprint density at radius 3 is 2.29 bits per heavy atom. The van der Waals surface area contributed by atoms with E-state index in [1.165, 1.54) is 40.8 Å². The zero-order chi connectivity index (χ0) is 21.2. The minimum Gasteiger partial charge on any atom is -0.508 e. The van der Waals surface area contributed by atoms with Crippen molar-refractivity contribution in [2.75, 3.05) is 25.0 Å². The van der Waals surface area contributed by atoms with Crippen LogP contribution in [-0.2, 0) is 6.42 Å². The molecule has 1 saturated heterocycles. The molecule has 0 aromatic heterocycles. The van der Waals surface area contributed by atoms with Crippen LogP contribution in [0, 0.1) is 0 Å². The third kappa shape index (κ3) is 4.07. The highest BCUT2D eigenvalue weighted by Crippen LogP contribution is 2.47. The molecule has 3 nitrogen and oxygen atoms in total. The summed E-state index contributed by atoms with van der Waals surface area (Å²) in [4.78, 5) is 2.51. The number of anilines is 1. The van der Waals surface area contributed by atoms with Gasteiger partial charge in [-0.1, -0.05) is 48.5 Å². The Labute approximate surface area is 185 Å². The van der Waals surface area contributed by atoms with Gasteiger partial charge in [-0.05, 0) is 85.2 Å². The van der Waals surface area contributed by atoms with Gasteiger partial charge >= 0.3 is 0 Å². The number of nitrogens with zero attached hydrogens (tertiary/aromatic N) is 1. The molecule has 0 unspecified atom stereocenters. The smallest absolute Gasteiger partial charge is 0.115 e. The number of benzene rings is 3. The van der Waals surface area contributed by atoms with E-state index in [1.807, 2.05) is 12.1 Å². The normalized spacial score (nSPS) is 21.6. The van der Waals surface area contributed by atoms with Crippen molar-refractivity contribution >= 4 is 5.69 Å². The largest absolute Gasteiger partial charge is 0.508 e. The van der Waals surface area contributed by atoms with Crippen LogP contribution in [0.2, 0.25) is 0 Å². The highest BCUT2D eigenvalue weighted by molar-refractivity contribution is 5.52. The average molecular weight is 413 g/mol. The summed E-state index contributed by atoms with van der Waals surface area (Å²) < 4.78 is 0. The Bertz CT molecular complexity index is 1010. The molecule has 2 aliphatic rings. The quantitative estimate of drug-likeness (QED) is 0.599. The number of nitrogens with one attached hydrogen (secondary N) is 1. The van der Waals surface area contributed by atoms with Gasteiger partial charge < -0.3 is 15.3 Å². The molecular weight excluding hydrogens is 380 g/mol. The molecule has 0 bridgehead atoms. The van der Waals surface area contributed by atoms with Crippen LogP contribution in [-0.4, -0.2) is 31.3 Å². The van der Waals surface area contributed by atoms with Crippen LogP contribution in [0.25, 0.3) is 0 Å². The lowest BCUT2D eigenvalue weighted by Crippen LogP contribution is -2.41. The summed E-state index contributed by atoms with van der Waals surface area (Å²) in [5, 5.41) is 13.5. The third-order valence-electron chi connectivity index (χ3n) is 7.34. The molecule has 0 saturated carbocycles. The van der Waals surface area contributed by atoms with Gasteiger partial charge in [0.1, 0.15) is 5.75 Å². The number of aryl methyl sites for hydroxylation is 1. The number of phenolic OH excluding ortho intramolecular Hbond substituents is 1. The van der Waals surface area contributed by atoms with Crippen LogP contribution < -0.4 is 10.2 Å². The standard InChI is InChI=1S/C28H32N2O/c1-29-23-15-17-30(18-16-23)24-10-7-21(8-11-24)28-26(20-5-3-2-4-6-20)13-9-22-19-25(31)12-14-27(22)28/h2-8,10-12,14,19,23,26,28-29,31H,9,13,15-18H2,1H3/t26-,28+/m1/s1. The van der Waals surface area contributed by atoms with E-state index < -0.39 is 0 Å². The van der Waals surface area contributed by atoms with Gasteiger partial charge in [-0.2, -0.15) is 0 Å². The number of phenols is 1. The van der Waals surface area contributed by atoms with Gasteiger partial charge in [0.05, 0.1) is 0 Å². The van der Waals surface area contributed by atoms with Crippen molar-refractivity contribution in [3.63, 3.8) is 0 Å². The van der Waals surface area contributed by atoms with Gasteiger partial charge in [0, 0.05) is 30.7 Å². The van der Waals surface area contributed by atoms with Gasteiger partial charge in [0.2, 0.25) is 0 Å². The topological polar surface area (TPSA) is 35.5 Å². The fraction of sp³-hybridized carbons (Fsp3) is 0.357. The molecule has 160 valence electrons. The van der Waals surface area contributed by atoms with Crippen molar-refractivity contribution < 1.29 is 5.11 Å². The number of hydrogen-bond donors (Lipinski definition) is 2. The Morgan fingerprint density at radius 2 is 1.58 bits per heavy atom. The maximum atomic E-state index is 10.0. The first-order valence-electron chi connectivity index (χ1n) is 11.6. The molecule has 1 aliphatic heterocycles. The van der Waals surface area contributed by atoms with Gasteiger partial charge in [-0.25, -0.2) is 0 Å². The summed E-state index contributed by atoms with van der Waals surface area (Å²) in [6.07, 6.45) is 4.52. The monoisotopic (exact) mass is 412 g/mol. The SMILES string of the molecule is CNC1CCN(c2ccc([C@@H]3c4ccc(O)cc4CC[C@@H]3c3ccccc3)cc2)CC1. The summed E-state index contributed by atoms with van der Waals surface area (Å²) in [5.74, 6) is 1.14. The van der Waals surface area contributed by atoms with E-state index in [9.17, 15) is 5.11 Å². The van der Waals surface area contributed by atoms with E-state index in [4.69, 9.17) is 0 Å². The predicted octanol–water partition coefficient (Wildman–Crippen LogP) is 5.44. The first-order chi connectivity index (χ1) is 15.2. The number of hydrogen-bond acceptors (Lipinski definition) is 3. The second kappa shape index (κ2) is 8.76. The summed E-state index contributed by atoms with van der Waals surface area (Å²) in [5.41, 5.74) is 6.76. The highest BCUT2D eigenvalue weighted by atomic mass is 16.3. The first-order valence-corrected chi connectivity index (χ1v) is 11.6. The molecule has 5 rings (SSSR count). The predicted molar refractivity (Wildman–Crippen MR) is 128 cm³/mol. The molecular formula is C28H32N2O. The molecule has 0 radical (unpaired) electrons. The minimum atomic E-state index is 0.316. The van der Waals surface area contributed by atoms with Crippen molar-refractivity contribution in [3.05, 3.63) is 95.1 Å². The second-order valence-electron chi connectivity index (χ2n) is 9.06. The maximum Gasteiger partial charge on any atom is 0.115 e.